The summed E-state index contributed by atoms with van der Waals surface area (Å²) >= 11 is 0. The van der Waals surface area contributed by atoms with E-state index in [-0.39, 0.29) is 0 Å². The zero-order chi connectivity index (χ0) is 17.6. The zero-order valence-corrected chi connectivity index (χ0v) is 15.9. The van der Waals surface area contributed by atoms with Crippen molar-refractivity contribution in [2.45, 2.75) is 58.8 Å². The molecule has 2 aromatic rings. The summed E-state index contributed by atoms with van der Waals surface area (Å²) in [6, 6.07) is 9.09. The van der Waals surface area contributed by atoms with Crippen molar-refractivity contribution in [3.8, 4) is 0 Å². The molecule has 2 unspecified atom stereocenters. The minimum absolute atomic E-state index is 0.610. The summed E-state index contributed by atoms with van der Waals surface area (Å²) in [6.07, 6.45) is 13.4. The maximum Gasteiger partial charge on any atom is 0.00299 e. The summed E-state index contributed by atoms with van der Waals surface area (Å²) in [5.74, 6) is 1.22. The van der Waals surface area contributed by atoms with Crippen LogP contribution in [0.1, 0.15) is 75.6 Å². The van der Waals surface area contributed by atoms with Crippen LogP contribution < -0.4 is 0 Å². The molecule has 0 fully saturated rings. The zero-order valence-electron chi connectivity index (χ0n) is 15.9. The van der Waals surface area contributed by atoms with Crippen LogP contribution in [0.4, 0.5) is 0 Å². The third-order valence-electron chi connectivity index (χ3n) is 6.21. The number of hydrogen-bond donors (Lipinski definition) is 0. The molecular formula is C25H28. The van der Waals surface area contributed by atoms with E-state index in [9.17, 15) is 0 Å². The van der Waals surface area contributed by atoms with Crippen molar-refractivity contribution < 1.29 is 0 Å². The number of aryl methyl sites for hydroxylation is 4. The van der Waals surface area contributed by atoms with Gasteiger partial charge in [-0.25, -0.2) is 0 Å². The van der Waals surface area contributed by atoms with Crippen molar-refractivity contribution >= 4 is 12.2 Å². The van der Waals surface area contributed by atoms with Gasteiger partial charge in [0.25, 0.3) is 0 Å². The lowest BCUT2D eigenvalue weighted by Crippen LogP contribution is -2.01. The first kappa shape index (κ1) is 16.4. The topological polar surface area (TPSA) is 0 Å². The maximum absolute atomic E-state index is 2.43. The molecule has 0 saturated carbocycles. The molecule has 0 spiro atoms. The Balaban J connectivity index is 1.46. The van der Waals surface area contributed by atoms with Gasteiger partial charge in [-0.3, -0.25) is 0 Å². The van der Waals surface area contributed by atoms with Crippen molar-refractivity contribution in [3.05, 3.63) is 80.9 Å². The Kier molecular flexibility index (Phi) is 4.15. The first-order valence-electron chi connectivity index (χ1n) is 9.63. The molecule has 4 rings (SSSR count). The van der Waals surface area contributed by atoms with E-state index in [0.717, 1.165) is 0 Å². The molecule has 2 aliphatic rings. The lowest BCUT2D eigenvalue weighted by molar-refractivity contribution is 0.610. The Bertz CT molecular complexity index is 806. The van der Waals surface area contributed by atoms with Crippen LogP contribution in [0.15, 0.2) is 36.4 Å². The van der Waals surface area contributed by atoms with Gasteiger partial charge in [-0.2, -0.15) is 0 Å². The molecule has 0 saturated heterocycles. The van der Waals surface area contributed by atoms with Crippen LogP contribution in [0.25, 0.3) is 12.2 Å². The maximum atomic E-state index is 2.43. The van der Waals surface area contributed by atoms with Crippen molar-refractivity contribution in [2.75, 3.05) is 0 Å². The molecular weight excluding hydrogens is 300 g/mol. The second kappa shape index (κ2) is 6.33. The highest BCUT2D eigenvalue weighted by Gasteiger charge is 2.23. The molecule has 0 bridgehead atoms. The van der Waals surface area contributed by atoms with E-state index in [2.05, 4.69) is 76.3 Å². The van der Waals surface area contributed by atoms with Crippen LogP contribution in [-0.2, 0) is 0 Å². The molecule has 25 heavy (non-hydrogen) atoms. The Labute approximate surface area is 152 Å². The normalized spacial score (nSPS) is 20.2. The SMILES string of the molecule is Cc1ccc(C)c2c1C=CC2CCCC1C=Cc2c(C)ccc(C)c21. The molecule has 0 aliphatic heterocycles. The first-order valence-corrected chi connectivity index (χ1v) is 9.63. The van der Waals surface area contributed by atoms with Gasteiger partial charge in [-0.05, 0) is 85.0 Å². The Morgan fingerprint density at radius 3 is 1.44 bits per heavy atom. The highest BCUT2D eigenvalue weighted by atomic mass is 14.3. The van der Waals surface area contributed by atoms with Crippen LogP contribution in [0.2, 0.25) is 0 Å². The minimum atomic E-state index is 0.610. The predicted octanol–water partition coefficient (Wildman–Crippen LogP) is 7.01. The fourth-order valence-corrected chi connectivity index (χ4v) is 4.79. The lowest BCUT2D eigenvalue weighted by atomic mass is 9.86. The predicted molar refractivity (Wildman–Crippen MR) is 109 cm³/mol. The minimum Gasteiger partial charge on any atom is -0.0764 e. The Morgan fingerprint density at radius 2 is 1.00 bits per heavy atom. The summed E-state index contributed by atoms with van der Waals surface area (Å²) in [6.45, 7) is 8.99. The van der Waals surface area contributed by atoms with Gasteiger partial charge in [-0.15, -0.1) is 0 Å². The monoisotopic (exact) mass is 328 g/mol. The van der Waals surface area contributed by atoms with Gasteiger partial charge >= 0.3 is 0 Å². The van der Waals surface area contributed by atoms with Gasteiger partial charge in [0, 0.05) is 11.8 Å². The van der Waals surface area contributed by atoms with Crippen molar-refractivity contribution in [2.24, 2.45) is 0 Å². The van der Waals surface area contributed by atoms with Crippen molar-refractivity contribution in [1.29, 1.82) is 0 Å². The van der Waals surface area contributed by atoms with Gasteiger partial charge in [0.15, 0.2) is 0 Å². The Hall–Kier alpha value is -2.08. The molecule has 0 radical (unpaired) electrons. The molecule has 128 valence electrons. The number of rotatable bonds is 4. The molecule has 2 aliphatic carbocycles. The number of allylic oxidation sites excluding steroid dienone is 2. The summed E-state index contributed by atoms with van der Waals surface area (Å²) in [5, 5.41) is 0. The van der Waals surface area contributed by atoms with E-state index < -0.39 is 0 Å². The third-order valence-corrected chi connectivity index (χ3v) is 6.21. The largest absolute Gasteiger partial charge is 0.0764 e. The standard InChI is InChI=1S/C25H28/c1-16-8-10-18(3)24-20(12-14-22(16)24)6-5-7-21-13-15-23-17(2)9-11-19(4)25(21)23/h8-15,20-21H,5-7H2,1-4H3. The van der Waals surface area contributed by atoms with Crippen LogP contribution in [0, 0.1) is 27.7 Å². The highest BCUT2D eigenvalue weighted by molar-refractivity contribution is 5.68. The Morgan fingerprint density at radius 1 is 0.600 bits per heavy atom. The highest BCUT2D eigenvalue weighted by Crippen LogP contribution is 2.41. The average molecular weight is 328 g/mol. The van der Waals surface area contributed by atoms with E-state index in [1.807, 2.05) is 0 Å². The molecule has 0 N–H and O–H groups in total. The van der Waals surface area contributed by atoms with E-state index in [4.69, 9.17) is 0 Å². The molecule has 2 atom stereocenters. The van der Waals surface area contributed by atoms with E-state index in [1.54, 1.807) is 11.1 Å². The summed E-state index contributed by atoms with van der Waals surface area (Å²) < 4.78 is 0. The molecule has 2 aromatic carbocycles. The van der Waals surface area contributed by atoms with Gasteiger partial charge in [0.1, 0.15) is 0 Å². The second-order valence-corrected chi connectivity index (χ2v) is 7.92. The van der Waals surface area contributed by atoms with Crippen molar-refractivity contribution in [3.63, 3.8) is 0 Å². The van der Waals surface area contributed by atoms with Crippen LogP contribution in [-0.4, -0.2) is 0 Å². The van der Waals surface area contributed by atoms with Gasteiger partial charge < -0.3 is 0 Å². The number of fused-ring (bicyclic) bond motifs is 2. The molecule has 0 amide bonds. The second-order valence-electron chi connectivity index (χ2n) is 7.92. The molecule has 0 heteroatoms. The van der Waals surface area contributed by atoms with Gasteiger partial charge in [0.2, 0.25) is 0 Å². The van der Waals surface area contributed by atoms with Crippen LogP contribution in [0.5, 0.6) is 0 Å². The summed E-state index contributed by atoms with van der Waals surface area (Å²) in [5.41, 5.74) is 11.8. The fourth-order valence-electron chi connectivity index (χ4n) is 4.79. The van der Waals surface area contributed by atoms with Crippen molar-refractivity contribution in [1.82, 2.24) is 0 Å². The molecule has 0 nitrogen and oxygen atoms in total. The number of hydrogen-bond acceptors (Lipinski definition) is 0. The van der Waals surface area contributed by atoms with E-state index in [0.29, 0.717) is 11.8 Å². The van der Waals surface area contributed by atoms with Gasteiger partial charge in [-0.1, -0.05) is 55.0 Å². The quantitative estimate of drug-likeness (QED) is 0.566. The lowest BCUT2D eigenvalue weighted by Gasteiger charge is -2.18. The average Bonchev–Trinajstić information content (AvgIpc) is 3.21. The fraction of sp³-hybridized carbons (Fsp3) is 0.360. The third kappa shape index (κ3) is 2.78. The van der Waals surface area contributed by atoms with Crippen LogP contribution >= 0.6 is 0 Å². The number of benzene rings is 2. The van der Waals surface area contributed by atoms with Gasteiger partial charge in [0.05, 0.1) is 0 Å². The molecule has 0 aromatic heterocycles. The van der Waals surface area contributed by atoms with E-state index in [1.165, 1.54) is 52.6 Å². The molecule has 0 heterocycles. The van der Waals surface area contributed by atoms with Crippen LogP contribution in [0.3, 0.4) is 0 Å². The first-order chi connectivity index (χ1) is 12.1. The summed E-state index contributed by atoms with van der Waals surface area (Å²) in [4.78, 5) is 0. The summed E-state index contributed by atoms with van der Waals surface area (Å²) in [7, 11) is 0. The van der Waals surface area contributed by atoms with E-state index >= 15 is 0 Å². The smallest absolute Gasteiger partial charge is 0.00299 e.